The number of carbonyl (C=O) groups is 1. The number of anilines is 1. The van der Waals surface area contributed by atoms with Crippen LogP contribution >= 0.6 is 11.3 Å². The Morgan fingerprint density at radius 3 is 2.92 bits per heavy atom. The SMILES string of the molecule is COc1cccc(CNC(=O)C2CN(c3nc4c(F)cccc4s3)C2)c1. The van der Waals surface area contributed by atoms with E-state index in [4.69, 9.17) is 4.74 Å². The van der Waals surface area contributed by atoms with Gasteiger partial charge in [-0.25, -0.2) is 9.37 Å². The Morgan fingerprint density at radius 1 is 1.35 bits per heavy atom. The van der Waals surface area contributed by atoms with Crippen LogP contribution < -0.4 is 15.0 Å². The maximum Gasteiger partial charge on any atom is 0.226 e. The first-order valence-electron chi connectivity index (χ1n) is 8.34. The molecule has 1 fully saturated rings. The monoisotopic (exact) mass is 371 g/mol. The quantitative estimate of drug-likeness (QED) is 0.748. The number of halogens is 1. The molecule has 4 rings (SSSR count). The van der Waals surface area contributed by atoms with Gasteiger partial charge >= 0.3 is 0 Å². The van der Waals surface area contributed by atoms with Crippen molar-refractivity contribution in [3.8, 4) is 5.75 Å². The van der Waals surface area contributed by atoms with Crippen LogP contribution in [0.2, 0.25) is 0 Å². The molecule has 0 bridgehead atoms. The van der Waals surface area contributed by atoms with E-state index in [-0.39, 0.29) is 17.6 Å². The molecule has 0 radical (unpaired) electrons. The van der Waals surface area contributed by atoms with Crippen molar-refractivity contribution in [3.05, 3.63) is 53.8 Å². The Bertz CT molecular complexity index is 953. The highest BCUT2D eigenvalue weighted by Gasteiger charge is 2.34. The molecule has 0 aliphatic carbocycles. The smallest absolute Gasteiger partial charge is 0.226 e. The second kappa shape index (κ2) is 6.92. The van der Waals surface area contributed by atoms with Crippen molar-refractivity contribution >= 4 is 32.6 Å². The van der Waals surface area contributed by atoms with Crippen LogP contribution in [0.3, 0.4) is 0 Å². The van der Waals surface area contributed by atoms with Crippen LogP contribution in [0.15, 0.2) is 42.5 Å². The third-order valence-electron chi connectivity index (χ3n) is 4.48. The molecule has 0 atom stereocenters. The molecular formula is C19H18FN3O2S. The summed E-state index contributed by atoms with van der Waals surface area (Å²) in [7, 11) is 1.62. The number of amides is 1. The highest BCUT2D eigenvalue weighted by atomic mass is 32.1. The zero-order chi connectivity index (χ0) is 18.1. The number of nitrogens with one attached hydrogen (secondary N) is 1. The van der Waals surface area contributed by atoms with Gasteiger partial charge in [0.25, 0.3) is 0 Å². The number of methoxy groups -OCH3 is 1. The van der Waals surface area contributed by atoms with E-state index < -0.39 is 0 Å². The van der Waals surface area contributed by atoms with Crippen molar-refractivity contribution in [2.75, 3.05) is 25.1 Å². The fourth-order valence-electron chi connectivity index (χ4n) is 2.96. The van der Waals surface area contributed by atoms with Gasteiger partial charge in [0.05, 0.1) is 17.7 Å². The van der Waals surface area contributed by atoms with Crippen molar-refractivity contribution in [1.82, 2.24) is 10.3 Å². The number of carbonyl (C=O) groups excluding carboxylic acids is 1. The third kappa shape index (κ3) is 3.22. The summed E-state index contributed by atoms with van der Waals surface area (Å²) in [5.74, 6) is 0.418. The molecule has 5 nitrogen and oxygen atoms in total. The van der Waals surface area contributed by atoms with Gasteiger partial charge in [-0.15, -0.1) is 0 Å². The molecule has 0 saturated carbocycles. The van der Waals surface area contributed by atoms with E-state index in [0.717, 1.165) is 21.1 Å². The first-order valence-corrected chi connectivity index (χ1v) is 9.16. The number of para-hydroxylation sites is 1. The lowest BCUT2D eigenvalue weighted by Gasteiger charge is -2.37. The van der Waals surface area contributed by atoms with Gasteiger partial charge in [0.15, 0.2) is 5.13 Å². The number of hydrogen-bond donors (Lipinski definition) is 1. The average molecular weight is 371 g/mol. The number of fused-ring (bicyclic) bond motifs is 1. The molecule has 1 aromatic heterocycles. The Hall–Kier alpha value is -2.67. The second-order valence-electron chi connectivity index (χ2n) is 6.25. The number of ether oxygens (including phenoxy) is 1. The van der Waals surface area contributed by atoms with E-state index in [1.165, 1.54) is 17.4 Å². The van der Waals surface area contributed by atoms with E-state index in [1.54, 1.807) is 13.2 Å². The molecule has 0 unspecified atom stereocenters. The summed E-state index contributed by atoms with van der Waals surface area (Å²) < 4.78 is 19.8. The second-order valence-corrected chi connectivity index (χ2v) is 7.26. The number of rotatable bonds is 5. The van der Waals surface area contributed by atoms with E-state index in [0.29, 0.717) is 25.2 Å². The number of aromatic nitrogens is 1. The summed E-state index contributed by atoms with van der Waals surface area (Å²) in [4.78, 5) is 18.7. The zero-order valence-corrected chi connectivity index (χ0v) is 15.1. The van der Waals surface area contributed by atoms with Crippen molar-refractivity contribution in [3.63, 3.8) is 0 Å². The number of thiazole rings is 1. The molecule has 2 heterocycles. The van der Waals surface area contributed by atoms with Crippen molar-refractivity contribution in [1.29, 1.82) is 0 Å². The molecule has 1 aliphatic heterocycles. The Balaban J connectivity index is 1.33. The van der Waals surface area contributed by atoms with Gasteiger partial charge in [-0.2, -0.15) is 0 Å². The van der Waals surface area contributed by atoms with Gasteiger partial charge in [-0.3, -0.25) is 4.79 Å². The van der Waals surface area contributed by atoms with Gasteiger partial charge < -0.3 is 15.0 Å². The summed E-state index contributed by atoms with van der Waals surface area (Å²) in [5, 5.41) is 3.73. The van der Waals surface area contributed by atoms with Crippen molar-refractivity contribution < 1.29 is 13.9 Å². The van der Waals surface area contributed by atoms with Gasteiger partial charge in [0.2, 0.25) is 5.91 Å². The van der Waals surface area contributed by atoms with E-state index >= 15 is 0 Å². The molecule has 1 saturated heterocycles. The molecule has 1 aliphatic rings. The fraction of sp³-hybridized carbons (Fsp3) is 0.263. The highest BCUT2D eigenvalue weighted by molar-refractivity contribution is 7.22. The van der Waals surface area contributed by atoms with Crippen molar-refractivity contribution in [2.24, 2.45) is 5.92 Å². The van der Waals surface area contributed by atoms with Crippen LogP contribution in [0.4, 0.5) is 9.52 Å². The summed E-state index contributed by atoms with van der Waals surface area (Å²) in [6.07, 6.45) is 0. The summed E-state index contributed by atoms with van der Waals surface area (Å²) >= 11 is 1.45. The first-order chi connectivity index (χ1) is 12.6. The maximum absolute atomic E-state index is 13.8. The van der Waals surface area contributed by atoms with Gasteiger partial charge in [0.1, 0.15) is 17.1 Å². The molecule has 3 aromatic rings. The lowest BCUT2D eigenvalue weighted by atomic mass is 10.00. The minimum atomic E-state index is -0.307. The lowest BCUT2D eigenvalue weighted by Crippen LogP contribution is -2.53. The normalized spacial score (nSPS) is 14.3. The van der Waals surface area contributed by atoms with Crippen LogP contribution in [-0.2, 0) is 11.3 Å². The van der Waals surface area contributed by atoms with Crippen LogP contribution in [0.1, 0.15) is 5.56 Å². The molecule has 7 heteroatoms. The molecule has 134 valence electrons. The summed E-state index contributed by atoms with van der Waals surface area (Å²) in [6.45, 7) is 1.68. The van der Waals surface area contributed by atoms with Crippen LogP contribution in [-0.4, -0.2) is 31.1 Å². The third-order valence-corrected chi connectivity index (χ3v) is 5.56. The van der Waals surface area contributed by atoms with Crippen LogP contribution in [0, 0.1) is 11.7 Å². The molecule has 0 spiro atoms. The molecule has 2 aromatic carbocycles. The van der Waals surface area contributed by atoms with Gasteiger partial charge in [0, 0.05) is 19.6 Å². The Kier molecular flexibility index (Phi) is 4.46. The zero-order valence-electron chi connectivity index (χ0n) is 14.2. The van der Waals surface area contributed by atoms with E-state index in [2.05, 4.69) is 10.3 Å². The summed E-state index contributed by atoms with van der Waals surface area (Å²) in [6, 6.07) is 12.6. The summed E-state index contributed by atoms with van der Waals surface area (Å²) in [5.41, 5.74) is 1.40. The molecular weight excluding hydrogens is 353 g/mol. The largest absolute Gasteiger partial charge is 0.497 e. The first kappa shape index (κ1) is 16.8. The van der Waals surface area contributed by atoms with Crippen LogP contribution in [0.25, 0.3) is 10.2 Å². The Morgan fingerprint density at radius 2 is 2.15 bits per heavy atom. The van der Waals surface area contributed by atoms with Crippen LogP contribution in [0.5, 0.6) is 5.75 Å². The highest BCUT2D eigenvalue weighted by Crippen LogP contribution is 2.33. The predicted molar refractivity (Wildman–Crippen MR) is 100 cm³/mol. The molecule has 26 heavy (non-hydrogen) atoms. The number of hydrogen-bond acceptors (Lipinski definition) is 5. The molecule has 1 amide bonds. The minimum Gasteiger partial charge on any atom is -0.497 e. The topological polar surface area (TPSA) is 54.5 Å². The van der Waals surface area contributed by atoms with E-state index in [1.807, 2.05) is 35.2 Å². The molecule has 1 N–H and O–H groups in total. The average Bonchev–Trinajstić information content (AvgIpc) is 3.04. The number of benzene rings is 2. The minimum absolute atomic E-state index is 0.0244. The van der Waals surface area contributed by atoms with Crippen molar-refractivity contribution in [2.45, 2.75) is 6.54 Å². The maximum atomic E-state index is 13.8. The Labute approximate surface area is 154 Å². The predicted octanol–water partition coefficient (Wildman–Crippen LogP) is 3.20. The number of nitrogens with zero attached hydrogens (tertiary/aromatic N) is 2. The van der Waals surface area contributed by atoms with E-state index in [9.17, 15) is 9.18 Å². The fourth-order valence-corrected chi connectivity index (χ4v) is 3.95. The van der Waals surface area contributed by atoms with Gasteiger partial charge in [-0.05, 0) is 29.8 Å². The lowest BCUT2D eigenvalue weighted by molar-refractivity contribution is -0.125. The standard InChI is InChI=1S/C19H18FN3O2S/c1-25-14-5-2-4-12(8-14)9-21-18(24)13-10-23(11-13)19-22-17-15(20)6-3-7-16(17)26-19/h2-8,13H,9-11H2,1H3,(H,21,24). The van der Waals surface area contributed by atoms with Gasteiger partial charge in [-0.1, -0.05) is 29.5 Å².